The van der Waals surface area contributed by atoms with E-state index in [1.54, 1.807) is 38.7 Å². The number of aromatic nitrogens is 4. The summed E-state index contributed by atoms with van der Waals surface area (Å²) in [5.74, 6) is 1.40. The Balaban J connectivity index is 0.00000272. The van der Waals surface area contributed by atoms with E-state index >= 15 is 0 Å². The van der Waals surface area contributed by atoms with E-state index in [-0.39, 0.29) is 18.0 Å². The molecule has 4 aromatic rings. The maximum absolute atomic E-state index is 11.8. The summed E-state index contributed by atoms with van der Waals surface area (Å²) in [6.45, 7) is 1.91. The molecule has 0 aliphatic rings. The van der Waals surface area contributed by atoms with E-state index in [2.05, 4.69) is 15.3 Å². The van der Waals surface area contributed by atoms with Crippen LogP contribution >= 0.6 is 12.4 Å². The number of nitrogens with one attached hydrogen (secondary N) is 1. The number of methoxy groups -OCH3 is 2. The Morgan fingerprint density at radius 3 is 2.58 bits per heavy atom. The largest absolute Gasteiger partial charge is 0.493 e. The number of amides is 1. The van der Waals surface area contributed by atoms with Gasteiger partial charge in [-0.25, -0.2) is 15.0 Å². The molecule has 0 saturated heterocycles. The molecule has 0 saturated carbocycles. The van der Waals surface area contributed by atoms with Gasteiger partial charge in [-0.3, -0.25) is 9.20 Å². The predicted octanol–water partition coefficient (Wildman–Crippen LogP) is 3.38. The molecule has 31 heavy (non-hydrogen) atoms. The molecule has 0 radical (unpaired) electrons. The van der Waals surface area contributed by atoms with Gasteiger partial charge >= 0.3 is 0 Å². The number of rotatable bonds is 6. The van der Waals surface area contributed by atoms with E-state index in [0.717, 1.165) is 11.3 Å². The SMILES string of the molecule is COc1ccc(-c2cc3ncc(C)n3c(Nc3ncccc3C(N)=O)n2)cc1OC.Cl. The number of fused-ring (bicyclic) bond motifs is 1. The molecular weight excluding hydrogens is 420 g/mol. The maximum Gasteiger partial charge on any atom is 0.252 e. The Bertz CT molecular complexity index is 1260. The highest BCUT2D eigenvalue weighted by atomic mass is 35.5. The van der Waals surface area contributed by atoms with Crippen molar-refractivity contribution in [1.29, 1.82) is 0 Å². The summed E-state index contributed by atoms with van der Waals surface area (Å²) in [6.07, 6.45) is 3.32. The summed E-state index contributed by atoms with van der Waals surface area (Å²) in [7, 11) is 3.16. The minimum Gasteiger partial charge on any atom is -0.493 e. The molecule has 3 heterocycles. The van der Waals surface area contributed by atoms with Crippen LogP contribution in [-0.4, -0.2) is 39.5 Å². The average molecular weight is 441 g/mol. The third kappa shape index (κ3) is 4.08. The smallest absolute Gasteiger partial charge is 0.252 e. The Kier molecular flexibility index (Phi) is 6.26. The lowest BCUT2D eigenvalue weighted by atomic mass is 10.1. The molecule has 0 fully saturated rings. The highest BCUT2D eigenvalue weighted by molar-refractivity contribution is 5.98. The third-order valence-corrected chi connectivity index (χ3v) is 4.65. The fourth-order valence-electron chi connectivity index (χ4n) is 3.19. The second-order valence-electron chi connectivity index (χ2n) is 6.52. The zero-order valence-electron chi connectivity index (χ0n) is 17.1. The van der Waals surface area contributed by atoms with Gasteiger partial charge < -0.3 is 20.5 Å². The Hall–Kier alpha value is -3.85. The predicted molar refractivity (Wildman–Crippen MR) is 120 cm³/mol. The van der Waals surface area contributed by atoms with Gasteiger partial charge in [-0.15, -0.1) is 12.4 Å². The Morgan fingerprint density at radius 1 is 1.10 bits per heavy atom. The van der Waals surface area contributed by atoms with Crippen LogP contribution in [0.15, 0.2) is 48.8 Å². The molecule has 0 aliphatic carbocycles. The molecule has 4 rings (SSSR count). The summed E-state index contributed by atoms with van der Waals surface area (Å²) in [5, 5.41) is 3.13. The number of ether oxygens (including phenoxy) is 2. The van der Waals surface area contributed by atoms with Gasteiger partial charge in [0.05, 0.1) is 25.5 Å². The lowest BCUT2D eigenvalue weighted by Crippen LogP contribution is -2.15. The molecule has 0 atom stereocenters. The number of benzene rings is 1. The summed E-state index contributed by atoms with van der Waals surface area (Å²) < 4.78 is 12.6. The van der Waals surface area contributed by atoms with Crippen molar-refractivity contribution in [2.75, 3.05) is 19.5 Å². The van der Waals surface area contributed by atoms with Crippen LogP contribution in [0.4, 0.5) is 11.8 Å². The van der Waals surface area contributed by atoms with Crippen molar-refractivity contribution in [3.63, 3.8) is 0 Å². The van der Waals surface area contributed by atoms with E-state index in [4.69, 9.17) is 20.2 Å². The average Bonchev–Trinajstić information content (AvgIpc) is 3.14. The van der Waals surface area contributed by atoms with Crippen LogP contribution in [0.25, 0.3) is 16.9 Å². The van der Waals surface area contributed by atoms with E-state index < -0.39 is 5.91 Å². The second-order valence-corrected chi connectivity index (χ2v) is 6.52. The summed E-state index contributed by atoms with van der Waals surface area (Å²) >= 11 is 0. The quantitative estimate of drug-likeness (QED) is 0.472. The number of halogens is 1. The summed E-state index contributed by atoms with van der Waals surface area (Å²) in [6, 6.07) is 10.7. The highest BCUT2D eigenvalue weighted by Crippen LogP contribution is 2.33. The van der Waals surface area contributed by atoms with Crippen LogP contribution in [-0.2, 0) is 0 Å². The van der Waals surface area contributed by atoms with Crippen LogP contribution in [0.5, 0.6) is 11.5 Å². The van der Waals surface area contributed by atoms with Crippen molar-refractivity contribution >= 4 is 35.7 Å². The third-order valence-electron chi connectivity index (χ3n) is 4.65. The van der Waals surface area contributed by atoms with Crippen LogP contribution in [0.3, 0.4) is 0 Å². The van der Waals surface area contributed by atoms with Crippen molar-refractivity contribution in [1.82, 2.24) is 19.4 Å². The number of hydrogen-bond acceptors (Lipinski definition) is 7. The first-order valence-corrected chi connectivity index (χ1v) is 9.11. The molecular formula is C21H21ClN6O3. The van der Waals surface area contributed by atoms with Crippen LogP contribution in [0.2, 0.25) is 0 Å². The second kappa shape index (κ2) is 8.88. The zero-order chi connectivity index (χ0) is 21.3. The number of carbonyl (C=O) groups excluding carboxylic acids is 1. The summed E-state index contributed by atoms with van der Waals surface area (Å²) in [4.78, 5) is 25.2. The van der Waals surface area contributed by atoms with Gasteiger partial charge in [-0.05, 0) is 37.3 Å². The lowest BCUT2D eigenvalue weighted by molar-refractivity contribution is 0.100. The number of carbonyl (C=O) groups is 1. The molecule has 1 amide bonds. The fraction of sp³-hybridized carbons (Fsp3) is 0.143. The van der Waals surface area contributed by atoms with E-state index in [1.807, 2.05) is 35.6 Å². The Morgan fingerprint density at radius 2 is 1.87 bits per heavy atom. The van der Waals surface area contributed by atoms with Crippen LogP contribution in [0, 0.1) is 6.92 Å². The van der Waals surface area contributed by atoms with Gasteiger partial charge in [0.25, 0.3) is 5.91 Å². The van der Waals surface area contributed by atoms with Gasteiger partial charge in [0, 0.05) is 29.7 Å². The summed E-state index contributed by atoms with van der Waals surface area (Å²) in [5.41, 5.74) is 8.78. The van der Waals surface area contributed by atoms with Gasteiger partial charge in [-0.1, -0.05) is 0 Å². The number of aryl methyl sites for hydroxylation is 1. The molecule has 0 unspecified atom stereocenters. The van der Waals surface area contributed by atoms with E-state index in [1.165, 1.54) is 0 Å². The number of primary amides is 1. The standard InChI is InChI=1S/C21H20N6O3.ClH/c1-12-11-24-18-10-15(13-6-7-16(29-2)17(9-13)30-3)25-21(27(12)18)26-20-14(19(22)28)5-4-8-23-20;/h4-11H,1-3H3,(H2,22,28)(H,23,25,26);1H. The van der Waals surface area contributed by atoms with Crippen molar-refractivity contribution in [2.24, 2.45) is 5.73 Å². The number of anilines is 2. The number of nitrogens with zero attached hydrogens (tertiary/aromatic N) is 4. The molecule has 3 aromatic heterocycles. The first kappa shape index (κ1) is 21.8. The number of pyridine rings is 1. The van der Waals surface area contributed by atoms with Crippen molar-refractivity contribution in [3.05, 3.63) is 60.0 Å². The molecule has 0 aliphatic heterocycles. The molecule has 0 bridgehead atoms. The molecule has 160 valence electrons. The first-order valence-electron chi connectivity index (χ1n) is 9.11. The van der Waals surface area contributed by atoms with E-state index in [9.17, 15) is 4.79 Å². The van der Waals surface area contributed by atoms with Gasteiger partial charge in [0.1, 0.15) is 11.5 Å². The van der Waals surface area contributed by atoms with E-state index in [0.29, 0.717) is 34.6 Å². The topological polar surface area (TPSA) is 117 Å². The number of nitrogens with two attached hydrogens (primary N) is 1. The van der Waals surface area contributed by atoms with Crippen LogP contribution < -0.4 is 20.5 Å². The van der Waals surface area contributed by atoms with Gasteiger partial charge in [-0.2, -0.15) is 0 Å². The normalized spacial score (nSPS) is 10.4. The van der Waals surface area contributed by atoms with Crippen molar-refractivity contribution < 1.29 is 14.3 Å². The van der Waals surface area contributed by atoms with Crippen LogP contribution in [0.1, 0.15) is 16.1 Å². The zero-order valence-corrected chi connectivity index (χ0v) is 17.9. The monoisotopic (exact) mass is 440 g/mol. The van der Waals surface area contributed by atoms with Crippen molar-refractivity contribution in [2.45, 2.75) is 6.92 Å². The molecule has 3 N–H and O–H groups in total. The number of hydrogen-bond donors (Lipinski definition) is 2. The lowest BCUT2D eigenvalue weighted by Gasteiger charge is -2.14. The molecule has 10 heteroatoms. The molecule has 0 spiro atoms. The molecule has 9 nitrogen and oxygen atoms in total. The van der Waals surface area contributed by atoms with Gasteiger partial charge in [0.15, 0.2) is 11.5 Å². The number of imidazole rings is 1. The highest BCUT2D eigenvalue weighted by Gasteiger charge is 2.16. The first-order chi connectivity index (χ1) is 14.5. The maximum atomic E-state index is 11.8. The van der Waals surface area contributed by atoms with Gasteiger partial charge in [0.2, 0.25) is 5.95 Å². The minimum absolute atomic E-state index is 0. The Labute approximate surface area is 184 Å². The molecule has 1 aromatic carbocycles. The fourth-order valence-corrected chi connectivity index (χ4v) is 3.19. The van der Waals surface area contributed by atoms with Crippen molar-refractivity contribution in [3.8, 4) is 22.8 Å². The minimum atomic E-state index is -0.583.